The van der Waals surface area contributed by atoms with E-state index in [-0.39, 0.29) is 19.8 Å². The molecule has 6 nitrogen and oxygen atoms in total. The van der Waals surface area contributed by atoms with Gasteiger partial charge in [-0.3, -0.25) is 0 Å². The van der Waals surface area contributed by atoms with Gasteiger partial charge in [-0.2, -0.15) is 0 Å². The smallest absolute Gasteiger partial charge is 0.330 e. The van der Waals surface area contributed by atoms with Crippen LogP contribution in [0.5, 0.6) is 0 Å². The van der Waals surface area contributed by atoms with Gasteiger partial charge in [0.25, 0.3) is 0 Å². The van der Waals surface area contributed by atoms with Crippen LogP contribution in [0.2, 0.25) is 0 Å². The van der Waals surface area contributed by atoms with Crippen LogP contribution in [-0.4, -0.2) is 43.1 Å². The normalized spacial score (nSPS) is 13.9. The standard InChI is InChI=1S/C29H32O6/c1-32-28(31)18-17-27(34-20-24-13-7-3-8-14-24)29(35-21-25-15-9-4-10-16-25)26(30)22-33-19-23-11-5-2-6-12-23/h2-18,26-27,29-30H,19-22H2,1H3/t26-,27-,29-/m1/s1. The van der Waals surface area contributed by atoms with Crippen LogP contribution in [0.3, 0.4) is 0 Å². The molecule has 1 N–H and O–H groups in total. The zero-order valence-electron chi connectivity index (χ0n) is 19.9. The lowest BCUT2D eigenvalue weighted by molar-refractivity contribution is -0.137. The zero-order valence-corrected chi connectivity index (χ0v) is 19.9. The number of hydrogen-bond acceptors (Lipinski definition) is 6. The Hall–Kier alpha value is -3.29. The molecule has 3 atom stereocenters. The summed E-state index contributed by atoms with van der Waals surface area (Å²) < 4.78 is 22.8. The first-order chi connectivity index (χ1) is 17.2. The summed E-state index contributed by atoms with van der Waals surface area (Å²) in [6.07, 6.45) is 0.311. The van der Waals surface area contributed by atoms with Crippen molar-refractivity contribution < 1.29 is 28.8 Å². The van der Waals surface area contributed by atoms with E-state index in [1.165, 1.54) is 13.2 Å². The third-order valence-electron chi connectivity index (χ3n) is 5.30. The highest BCUT2D eigenvalue weighted by atomic mass is 16.6. The molecule has 6 heteroatoms. The van der Waals surface area contributed by atoms with E-state index in [4.69, 9.17) is 18.9 Å². The summed E-state index contributed by atoms with van der Waals surface area (Å²) in [6, 6.07) is 29.1. The van der Waals surface area contributed by atoms with Gasteiger partial charge < -0.3 is 24.1 Å². The molecular formula is C29H32O6. The predicted molar refractivity (Wildman–Crippen MR) is 133 cm³/mol. The van der Waals surface area contributed by atoms with Crippen LogP contribution in [0.15, 0.2) is 103 Å². The number of aliphatic hydroxyl groups excluding tert-OH is 1. The molecule has 0 spiro atoms. The number of hydrogen-bond donors (Lipinski definition) is 1. The minimum atomic E-state index is -1.01. The lowest BCUT2D eigenvalue weighted by atomic mass is 10.1. The molecule has 0 aliphatic heterocycles. The second-order valence-electron chi connectivity index (χ2n) is 7.97. The molecular weight excluding hydrogens is 444 g/mol. The Morgan fingerprint density at radius 1 is 0.771 bits per heavy atom. The summed E-state index contributed by atoms with van der Waals surface area (Å²) >= 11 is 0. The summed E-state index contributed by atoms with van der Waals surface area (Å²) in [5.74, 6) is -0.519. The topological polar surface area (TPSA) is 74.2 Å². The molecule has 0 aromatic heterocycles. The Morgan fingerprint density at radius 2 is 1.26 bits per heavy atom. The van der Waals surface area contributed by atoms with Crippen molar-refractivity contribution in [1.29, 1.82) is 0 Å². The lowest BCUT2D eigenvalue weighted by Crippen LogP contribution is -2.42. The van der Waals surface area contributed by atoms with Gasteiger partial charge >= 0.3 is 5.97 Å². The van der Waals surface area contributed by atoms with Gasteiger partial charge in [0.15, 0.2) is 0 Å². The SMILES string of the molecule is COC(=O)C=C[C@@H](OCc1ccccc1)[C@H](OCc1ccccc1)[C@H](O)COCc1ccccc1. The van der Waals surface area contributed by atoms with Crippen molar-refractivity contribution >= 4 is 5.97 Å². The maximum Gasteiger partial charge on any atom is 0.330 e. The van der Waals surface area contributed by atoms with Gasteiger partial charge in [0.1, 0.15) is 18.3 Å². The molecule has 0 amide bonds. The van der Waals surface area contributed by atoms with Crippen LogP contribution in [0, 0.1) is 0 Å². The number of methoxy groups -OCH3 is 1. The molecule has 0 radical (unpaired) electrons. The lowest BCUT2D eigenvalue weighted by Gasteiger charge is -2.29. The van der Waals surface area contributed by atoms with Crippen molar-refractivity contribution in [2.45, 2.75) is 38.1 Å². The van der Waals surface area contributed by atoms with Gasteiger partial charge in [-0.1, -0.05) is 91.0 Å². The van der Waals surface area contributed by atoms with Gasteiger partial charge in [-0.25, -0.2) is 4.79 Å². The van der Waals surface area contributed by atoms with Crippen molar-refractivity contribution in [3.8, 4) is 0 Å². The number of carbonyl (C=O) groups excluding carboxylic acids is 1. The predicted octanol–water partition coefficient (Wildman–Crippen LogP) is 4.46. The fourth-order valence-electron chi connectivity index (χ4n) is 3.43. The molecule has 0 aliphatic carbocycles. The summed E-state index contributed by atoms with van der Waals surface area (Å²) in [6.45, 7) is 0.931. The molecule has 0 saturated carbocycles. The van der Waals surface area contributed by atoms with Gasteiger partial charge in [0, 0.05) is 6.08 Å². The molecule has 3 aromatic rings. The van der Waals surface area contributed by atoms with E-state index in [1.807, 2.05) is 91.0 Å². The Morgan fingerprint density at radius 3 is 1.77 bits per heavy atom. The van der Waals surface area contributed by atoms with Crippen LogP contribution in [-0.2, 0) is 43.6 Å². The summed E-state index contributed by atoms with van der Waals surface area (Å²) in [5.41, 5.74) is 2.91. The highest BCUT2D eigenvalue weighted by Gasteiger charge is 2.29. The quantitative estimate of drug-likeness (QED) is 0.274. The van der Waals surface area contributed by atoms with E-state index >= 15 is 0 Å². The van der Waals surface area contributed by atoms with E-state index in [9.17, 15) is 9.90 Å². The van der Waals surface area contributed by atoms with Gasteiger partial charge in [-0.15, -0.1) is 0 Å². The molecule has 0 fully saturated rings. The Bertz CT molecular complexity index is 1010. The molecule has 0 unspecified atom stereocenters. The maximum absolute atomic E-state index is 11.8. The van der Waals surface area contributed by atoms with Gasteiger partial charge in [-0.05, 0) is 22.8 Å². The van der Waals surface area contributed by atoms with Gasteiger partial charge in [0.05, 0.1) is 33.5 Å². The molecule has 35 heavy (non-hydrogen) atoms. The molecule has 3 rings (SSSR count). The summed E-state index contributed by atoms with van der Waals surface area (Å²) in [4.78, 5) is 11.8. The van der Waals surface area contributed by atoms with Crippen molar-refractivity contribution in [3.63, 3.8) is 0 Å². The number of esters is 1. The number of ether oxygens (including phenoxy) is 4. The molecule has 0 heterocycles. The highest BCUT2D eigenvalue weighted by Crippen LogP contribution is 2.17. The van der Waals surface area contributed by atoms with Crippen LogP contribution in [0.25, 0.3) is 0 Å². The van der Waals surface area contributed by atoms with Crippen molar-refractivity contribution in [2.24, 2.45) is 0 Å². The molecule has 184 valence electrons. The fraction of sp³-hybridized carbons (Fsp3) is 0.276. The monoisotopic (exact) mass is 476 g/mol. The highest BCUT2D eigenvalue weighted by molar-refractivity contribution is 5.81. The summed E-state index contributed by atoms with van der Waals surface area (Å²) in [7, 11) is 1.31. The first-order valence-electron chi connectivity index (χ1n) is 11.5. The number of carbonyl (C=O) groups is 1. The van der Waals surface area contributed by atoms with Crippen molar-refractivity contribution in [3.05, 3.63) is 120 Å². The zero-order chi connectivity index (χ0) is 24.7. The van der Waals surface area contributed by atoms with Crippen molar-refractivity contribution in [1.82, 2.24) is 0 Å². The molecule has 0 aliphatic rings. The minimum absolute atomic E-state index is 0.0333. The summed E-state index contributed by atoms with van der Waals surface area (Å²) in [5, 5.41) is 11.1. The largest absolute Gasteiger partial charge is 0.466 e. The molecule has 3 aromatic carbocycles. The number of aliphatic hydroxyl groups is 1. The Balaban J connectivity index is 1.74. The van der Waals surface area contributed by atoms with Gasteiger partial charge in [0.2, 0.25) is 0 Å². The average molecular weight is 477 g/mol. The van der Waals surface area contributed by atoms with E-state index < -0.39 is 24.3 Å². The third kappa shape index (κ3) is 9.47. The minimum Gasteiger partial charge on any atom is -0.466 e. The first kappa shape index (κ1) is 26.3. The van der Waals surface area contributed by atoms with E-state index in [0.29, 0.717) is 6.61 Å². The van der Waals surface area contributed by atoms with Crippen LogP contribution >= 0.6 is 0 Å². The molecule has 0 bridgehead atoms. The van der Waals surface area contributed by atoms with E-state index in [1.54, 1.807) is 6.08 Å². The first-order valence-corrected chi connectivity index (χ1v) is 11.5. The number of rotatable bonds is 14. The Labute approximate surface area is 206 Å². The van der Waals surface area contributed by atoms with Crippen LogP contribution in [0.1, 0.15) is 16.7 Å². The number of benzene rings is 3. The average Bonchev–Trinajstić information content (AvgIpc) is 2.91. The maximum atomic E-state index is 11.8. The second-order valence-corrected chi connectivity index (χ2v) is 7.97. The third-order valence-corrected chi connectivity index (χ3v) is 5.30. The second kappa shape index (κ2) is 14.9. The van der Waals surface area contributed by atoms with E-state index in [0.717, 1.165) is 16.7 Å². The van der Waals surface area contributed by atoms with Crippen LogP contribution in [0.4, 0.5) is 0 Å². The van der Waals surface area contributed by atoms with E-state index in [2.05, 4.69) is 0 Å². The molecule has 0 saturated heterocycles. The van der Waals surface area contributed by atoms with Crippen LogP contribution < -0.4 is 0 Å². The fourth-order valence-corrected chi connectivity index (χ4v) is 3.43. The Kier molecular flexibility index (Phi) is 11.2. The van der Waals surface area contributed by atoms with Crippen molar-refractivity contribution in [2.75, 3.05) is 13.7 Å².